The first-order valence-corrected chi connectivity index (χ1v) is 9.15. The maximum atomic E-state index is 11.7. The zero-order chi connectivity index (χ0) is 18.9. The smallest absolute Gasteiger partial charge is 0.409 e. The lowest BCUT2D eigenvalue weighted by molar-refractivity contribution is 0.0963. The number of aliphatic imine (C=N–C) groups is 1. The Balaban J connectivity index is 1.74. The van der Waals surface area contributed by atoms with Crippen LogP contribution >= 0.6 is 0 Å². The fourth-order valence-electron chi connectivity index (χ4n) is 3.00. The molecule has 1 aromatic carbocycles. The molecule has 0 bridgehead atoms. The van der Waals surface area contributed by atoms with Crippen molar-refractivity contribution < 1.29 is 14.3 Å². The summed E-state index contributed by atoms with van der Waals surface area (Å²) >= 11 is 0. The monoisotopic (exact) mass is 362 g/mol. The molecule has 0 radical (unpaired) electrons. The number of hydrogen-bond donors (Lipinski definition) is 2. The molecule has 1 aliphatic heterocycles. The highest BCUT2D eigenvalue weighted by Gasteiger charge is 2.23. The van der Waals surface area contributed by atoms with E-state index in [2.05, 4.69) is 22.4 Å². The van der Waals surface area contributed by atoms with Gasteiger partial charge >= 0.3 is 6.09 Å². The molecule has 1 aliphatic rings. The molecule has 0 aliphatic carbocycles. The van der Waals surface area contributed by atoms with Gasteiger partial charge in [0.15, 0.2) is 5.96 Å². The van der Waals surface area contributed by atoms with Crippen LogP contribution in [0.4, 0.5) is 4.79 Å². The Morgan fingerprint density at radius 3 is 2.77 bits per heavy atom. The summed E-state index contributed by atoms with van der Waals surface area (Å²) in [6.45, 7) is 6.21. The van der Waals surface area contributed by atoms with E-state index in [1.165, 1.54) is 5.56 Å². The van der Waals surface area contributed by atoms with E-state index in [0.29, 0.717) is 32.2 Å². The second-order valence-electron chi connectivity index (χ2n) is 6.43. The molecule has 1 fully saturated rings. The molecule has 144 valence electrons. The van der Waals surface area contributed by atoms with E-state index in [9.17, 15) is 4.79 Å². The molecule has 0 spiro atoms. The summed E-state index contributed by atoms with van der Waals surface area (Å²) in [4.78, 5) is 17.8. The van der Waals surface area contributed by atoms with E-state index in [-0.39, 0.29) is 12.1 Å². The molecule has 0 aromatic heterocycles. The Morgan fingerprint density at radius 1 is 1.38 bits per heavy atom. The highest BCUT2D eigenvalue weighted by Crippen LogP contribution is 2.19. The minimum Gasteiger partial charge on any atom is -0.496 e. The van der Waals surface area contributed by atoms with E-state index in [4.69, 9.17) is 15.2 Å². The lowest BCUT2D eigenvalue weighted by Crippen LogP contribution is -2.48. The Bertz CT molecular complexity index is 625. The van der Waals surface area contributed by atoms with Crippen molar-refractivity contribution in [1.29, 1.82) is 0 Å². The molecule has 26 heavy (non-hydrogen) atoms. The zero-order valence-corrected chi connectivity index (χ0v) is 16.0. The Kier molecular flexibility index (Phi) is 7.56. The van der Waals surface area contributed by atoms with Crippen molar-refractivity contribution in [1.82, 2.24) is 10.2 Å². The third-order valence-electron chi connectivity index (χ3n) is 4.53. The summed E-state index contributed by atoms with van der Waals surface area (Å²) in [6, 6.07) is 6.42. The summed E-state index contributed by atoms with van der Waals surface area (Å²) in [7, 11) is 1.68. The summed E-state index contributed by atoms with van der Waals surface area (Å²) < 4.78 is 10.4. The number of ether oxygens (including phenoxy) is 2. The third-order valence-corrected chi connectivity index (χ3v) is 4.53. The van der Waals surface area contributed by atoms with Gasteiger partial charge in [0, 0.05) is 25.7 Å². The van der Waals surface area contributed by atoms with Crippen molar-refractivity contribution in [2.45, 2.75) is 39.2 Å². The van der Waals surface area contributed by atoms with E-state index in [1.807, 2.05) is 19.9 Å². The number of likely N-dealkylation sites (tertiary alicyclic amines) is 1. The fourth-order valence-corrected chi connectivity index (χ4v) is 3.00. The van der Waals surface area contributed by atoms with Crippen LogP contribution in [0, 0.1) is 6.92 Å². The summed E-state index contributed by atoms with van der Waals surface area (Å²) in [6.07, 6.45) is 2.25. The average Bonchev–Trinajstić information content (AvgIpc) is 2.64. The largest absolute Gasteiger partial charge is 0.496 e. The predicted molar refractivity (Wildman–Crippen MR) is 103 cm³/mol. The topological polar surface area (TPSA) is 89.2 Å². The SMILES string of the molecule is CCOC(=O)N1CCC(NC(N)=NCCc2ccc(C)c(OC)c2)CC1. The van der Waals surface area contributed by atoms with Crippen molar-refractivity contribution >= 4 is 12.1 Å². The number of guanidine groups is 1. The number of piperidine rings is 1. The van der Waals surface area contributed by atoms with Gasteiger partial charge in [-0.25, -0.2) is 4.79 Å². The predicted octanol–water partition coefficient (Wildman–Crippen LogP) is 2.07. The molecule has 3 N–H and O–H groups in total. The van der Waals surface area contributed by atoms with Gasteiger partial charge in [0.25, 0.3) is 0 Å². The summed E-state index contributed by atoms with van der Waals surface area (Å²) in [5, 5.41) is 3.25. The molecule has 7 heteroatoms. The van der Waals surface area contributed by atoms with Crippen LogP contribution in [0.15, 0.2) is 23.2 Å². The molecule has 0 saturated carbocycles. The van der Waals surface area contributed by atoms with Crippen LogP contribution in [0.1, 0.15) is 30.9 Å². The molecule has 1 amide bonds. The Hall–Kier alpha value is -2.44. The Labute approximate surface area is 155 Å². The quantitative estimate of drug-likeness (QED) is 0.597. The van der Waals surface area contributed by atoms with Crippen LogP contribution in [-0.4, -0.2) is 56.3 Å². The molecule has 1 saturated heterocycles. The lowest BCUT2D eigenvalue weighted by atomic mass is 10.1. The van der Waals surface area contributed by atoms with Crippen LogP contribution in [0.3, 0.4) is 0 Å². The highest BCUT2D eigenvalue weighted by atomic mass is 16.6. The number of benzene rings is 1. The standard InChI is InChI=1S/C19H30N4O3/c1-4-26-19(24)23-11-8-16(9-12-23)22-18(20)21-10-7-15-6-5-14(2)17(13-15)25-3/h5-6,13,16H,4,7-12H2,1-3H3,(H3,20,21,22). The van der Waals surface area contributed by atoms with E-state index >= 15 is 0 Å². The van der Waals surface area contributed by atoms with Crippen LogP contribution in [0.2, 0.25) is 0 Å². The molecule has 2 rings (SSSR count). The molecule has 7 nitrogen and oxygen atoms in total. The number of nitrogens with zero attached hydrogens (tertiary/aromatic N) is 2. The summed E-state index contributed by atoms with van der Waals surface area (Å²) in [5.41, 5.74) is 8.29. The molecule has 1 heterocycles. The van der Waals surface area contributed by atoms with Gasteiger partial charge < -0.3 is 25.4 Å². The number of rotatable bonds is 6. The minimum absolute atomic E-state index is 0.235. The van der Waals surface area contributed by atoms with Gasteiger partial charge in [-0.15, -0.1) is 0 Å². The van der Waals surface area contributed by atoms with Crippen molar-refractivity contribution in [3.8, 4) is 5.75 Å². The molecule has 1 aromatic rings. The number of hydrogen-bond acceptors (Lipinski definition) is 4. The first-order valence-electron chi connectivity index (χ1n) is 9.15. The van der Waals surface area contributed by atoms with E-state index in [1.54, 1.807) is 12.0 Å². The van der Waals surface area contributed by atoms with E-state index < -0.39 is 0 Å². The maximum Gasteiger partial charge on any atom is 0.409 e. The van der Waals surface area contributed by atoms with Gasteiger partial charge in [0.2, 0.25) is 0 Å². The van der Waals surface area contributed by atoms with Gasteiger partial charge in [-0.1, -0.05) is 12.1 Å². The second-order valence-corrected chi connectivity index (χ2v) is 6.43. The van der Waals surface area contributed by atoms with Gasteiger partial charge in [-0.2, -0.15) is 0 Å². The first kappa shape index (κ1) is 19.9. The van der Waals surface area contributed by atoms with Crippen molar-refractivity contribution in [3.63, 3.8) is 0 Å². The molecular weight excluding hydrogens is 332 g/mol. The average molecular weight is 362 g/mol. The third kappa shape index (κ3) is 5.82. The van der Waals surface area contributed by atoms with Crippen molar-refractivity contribution in [2.24, 2.45) is 10.7 Å². The van der Waals surface area contributed by atoms with Gasteiger partial charge in [-0.05, 0) is 50.3 Å². The number of amides is 1. The second kappa shape index (κ2) is 9.89. The van der Waals surface area contributed by atoms with Crippen molar-refractivity contribution in [2.75, 3.05) is 33.4 Å². The fraction of sp³-hybridized carbons (Fsp3) is 0.579. The Morgan fingerprint density at radius 2 is 2.12 bits per heavy atom. The number of methoxy groups -OCH3 is 1. The molecule has 0 unspecified atom stereocenters. The molecule has 0 atom stereocenters. The lowest BCUT2D eigenvalue weighted by Gasteiger charge is -2.31. The number of nitrogens with one attached hydrogen (secondary N) is 1. The van der Waals surface area contributed by atoms with Gasteiger partial charge in [0.1, 0.15) is 5.75 Å². The van der Waals surface area contributed by atoms with Crippen LogP contribution in [0.25, 0.3) is 0 Å². The van der Waals surface area contributed by atoms with Crippen LogP contribution in [0.5, 0.6) is 5.75 Å². The van der Waals surface area contributed by atoms with E-state index in [0.717, 1.165) is 30.6 Å². The normalized spacial score (nSPS) is 15.7. The summed E-state index contributed by atoms with van der Waals surface area (Å²) in [5.74, 6) is 1.35. The highest BCUT2D eigenvalue weighted by molar-refractivity contribution is 5.78. The first-order chi connectivity index (χ1) is 12.5. The van der Waals surface area contributed by atoms with Crippen molar-refractivity contribution in [3.05, 3.63) is 29.3 Å². The number of carbonyl (C=O) groups excluding carboxylic acids is 1. The van der Waals surface area contributed by atoms with Crippen LogP contribution < -0.4 is 15.8 Å². The van der Waals surface area contributed by atoms with Gasteiger partial charge in [-0.3, -0.25) is 4.99 Å². The van der Waals surface area contributed by atoms with Crippen LogP contribution in [-0.2, 0) is 11.2 Å². The minimum atomic E-state index is -0.235. The zero-order valence-electron chi connectivity index (χ0n) is 16.0. The number of nitrogens with two attached hydrogens (primary N) is 1. The molecular formula is C19H30N4O3. The van der Waals surface area contributed by atoms with Gasteiger partial charge in [0.05, 0.1) is 13.7 Å². The number of aryl methyl sites for hydroxylation is 1. The maximum absolute atomic E-state index is 11.7. The number of carbonyl (C=O) groups is 1.